The van der Waals surface area contributed by atoms with E-state index in [4.69, 9.17) is 9.97 Å². The Morgan fingerprint density at radius 2 is 1.84 bits per heavy atom. The highest BCUT2D eigenvalue weighted by molar-refractivity contribution is 5.80. The van der Waals surface area contributed by atoms with Crippen molar-refractivity contribution in [3.05, 3.63) is 66.2 Å². The predicted octanol–water partition coefficient (Wildman–Crippen LogP) is 5.12. The van der Waals surface area contributed by atoms with E-state index in [0.29, 0.717) is 11.9 Å². The first kappa shape index (κ1) is 21.9. The average molecular weight is 433 g/mol. The van der Waals surface area contributed by atoms with Gasteiger partial charge in [0.15, 0.2) is 0 Å². The van der Waals surface area contributed by atoms with E-state index >= 15 is 0 Å². The third kappa shape index (κ3) is 4.94. The van der Waals surface area contributed by atoms with E-state index in [1.54, 1.807) is 18.3 Å². The molecule has 0 bridgehead atoms. The van der Waals surface area contributed by atoms with E-state index in [9.17, 15) is 4.39 Å². The number of aromatic nitrogens is 4. The van der Waals surface area contributed by atoms with Crippen molar-refractivity contribution >= 4 is 11.6 Å². The molecule has 0 fully saturated rings. The molecule has 0 spiro atoms. The van der Waals surface area contributed by atoms with Crippen LogP contribution in [0.15, 0.2) is 54.9 Å². The number of hydrogen-bond acceptors (Lipinski definition) is 5. The lowest BCUT2D eigenvalue weighted by atomic mass is 10.1. The van der Waals surface area contributed by atoms with Crippen molar-refractivity contribution < 1.29 is 4.39 Å². The molecule has 4 aromatic rings. The monoisotopic (exact) mass is 432 g/mol. The van der Waals surface area contributed by atoms with Gasteiger partial charge in [0.2, 0.25) is 5.95 Å². The van der Waals surface area contributed by atoms with Gasteiger partial charge >= 0.3 is 0 Å². The van der Waals surface area contributed by atoms with Gasteiger partial charge in [0.05, 0.1) is 17.1 Å². The predicted molar refractivity (Wildman–Crippen MR) is 127 cm³/mol. The number of rotatable bonds is 8. The molecule has 0 aliphatic carbocycles. The molecular formula is C25H29FN6. The first-order chi connectivity index (χ1) is 15.4. The number of imidazole rings is 1. The number of benzene rings is 1. The van der Waals surface area contributed by atoms with Gasteiger partial charge in [-0.25, -0.2) is 19.3 Å². The quantitative estimate of drug-likeness (QED) is 0.419. The van der Waals surface area contributed by atoms with Crippen LogP contribution in [0.4, 0.5) is 10.3 Å². The van der Waals surface area contributed by atoms with Gasteiger partial charge in [-0.1, -0.05) is 13.8 Å². The van der Waals surface area contributed by atoms with Crippen molar-refractivity contribution in [2.24, 2.45) is 5.92 Å². The average Bonchev–Trinajstić information content (AvgIpc) is 3.12. The third-order valence-corrected chi connectivity index (χ3v) is 5.21. The molecule has 4 rings (SSSR count). The summed E-state index contributed by atoms with van der Waals surface area (Å²) in [6.45, 7) is 6.02. The Kier molecular flexibility index (Phi) is 6.46. The summed E-state index contributed by atoms with van der Waals surface area (Å²) in [5.74, 6) is 0.921. The lowest BCUT2D eigenvalue weighted by Gasteiger charge is -2.11. The van der Waals surface area contributed by atoms with Gasteiger partial charge in [-0.05, 0) is 74.5 Å². The van der Waals surface area contributed by atoms with Crippen molar-refractivity contribution in [2.75, 3.05) is 26.0 Å². The van der Waals surface area contributed by atoms with Crippen LogP contribution in [0.2, 0.25) is 0 Å². The van der Waals surface area contributed by atoms with Crippen LogP contribution in [-0.4, -0.2) is 44.9 Å². The SMILES string of the molecule is CC(C)CCNc1nccc(-c2c(-c3ccc(F)cc3)nc3cc(CN(C)C)ccn23)n1. The number of anilines is 1. The van der Waals surface area contributed by atoms with Gasteiger partial charge in [0.1, 0.15) is 11.5 Å². The molecule has 0 saturated heterocycles. The maximum Gasteiger partial charge on any atom is 0.223 e. The molecule has 166 valence electrons. The largest absolute Gasteiger partial charge is 0.354 e. The first-order valence-corrected chi connectivity index (χ1v) is 10.9. The Hall–Kier alpha value is -3.32. The van der Waals surface area contributed by atoms with Crippen LogP contribution in [0, 0.1) is 11.7 Å². The van der Waals surface area contributed by atoms with Crippen molar-refractivity contribution in [1.29, 1.82) is 0 Å². The molecule has 0 radical (unpaired) electrons. The fourth-order valence-electron chi connectivity index (χ4n) is 3.65. The molecule has 3 aromatic heterocycles. The van der Waals surface area contributed by atoms with Crippen LogP contribution in [-0.2, 0) is 6.54 Å². The van der Waals surface area contributed by atoms with Gasteiger partial charge < -0.3 is 10.2 Å². The minimum absolute atomic E-state index is 0.272. The molecule has 0 unspecified atom stereocenters. The van der Waals surface area contributed by atoms with E-state index in [2.05, 4.69) is 41.2 Å². The summed E-state index contributed by atoms with van der Waals surface area (Å²) in [6, 6.07) is 12.5. The molecule has 1 N–H and O–H groups in total. The summed E-state index contributed by atoms with van der Waals surface area (Å²) in [6.07, 6.45) is 4.82. The summed E-state index contributed by atoms with van der Waals surface area (Å²) in [4.78, 5) is 16.2. The Bertz CT molecular complexity index is 1200. The number of hydrogen-bond donors (Lipinski definition) is 1. The number of nitrogens with zero attached hydrogens (tertiary/aromatic N) is 5. The second-order valence-corrected chi connectivity index (χ2v) is 8.69. The van der Waals surface area contributed by atoms with Gasteiger partial charge in [-0.2, -0.15) is 0 Å². The Morgan fingerprint density at radius 1 is 1.06 bits per heavy atom. The van der Waals surface area contributed by atoms with E-state index in [1.807, 2.05) is 30.8 Å². The summed E-state index contributed by atoms with van der Waals surface area (Å²) in [7, 11) is 4.08. The number of nitrogens with one attached hydrogen (secondary N) is 1. The summed E-state index contributed by atoms with van der Waals surface area (Å²) < 4.78 is 15.6. The van der Waals surface area contributed by atoms with Crippen molar-refractivity contribution in [2.45, 2.75) is 26.8 Å². The zero-order valence-electron chi connectivity index (χ0n) is 19.0. The fourth-order valence-corrected chi connectivity index (χ4v) is 3.65. The van der Waals surface area contributed by atoms with E-state index in [1.165, 1.54) is 17.7 Å². The van der Waals surface area contributed by atoms with Crippen LogP contribution in [0.5, 0.6) is 0 Å². The highest BCUT2D eigenvalue weighted by atomic mass is 19.1. The summed E-state index contributed by atoms with van der Waals surface area (Å²) in [5, 5.41) is 3.32. The highest BCUT2D eigenvalue weighted by Gasteiger charge is 2.18. The molecule has 0 atom stereocenters. The number of halogens is 1. The standard InChI is InChI=1S/C25H29FN6/c1-17(2)9-12-27-25-28-13-10-21(29-25)24-23(19-5-7-20(26)8-6-19)30-22-15-18(16-31(3)4)11-14-32(22)24/h5-8,10-11,13-15,17H,9,12,16H2,1-4H3,(H,27,28,29). The van der Waals surface area contributed by atoms with Crippen LogP contribution in [0.1, 0.15) is 25.8 Å². The zero-order chi connectivity index (χ0) is 22.7. The van der Waals surface area contributed by atoms with Crippen molar-refractivity contribution in [3.63, 3.8) is 0 Å². The van der Waals surface area contributed by atoms with Crippen molar-refractivity contribution in [1.82, 2.24) is 24.3 Å². The molecular weight excluding hydrogens is 403 g/mol. The highest BCUT2D eigenvalue weighted by Crippen LogP contribution is 2.32. The van der Waals surface area contributed by atoms with Crippen LogP contribution < -0.4 is 5.32 Å². The number of pyridine rings is 1. The number of fused-ring (bicyclic) bond motifs is 1. The molecule has 1 aromatic carbocycles. The summed E-state index contributed by atoms with van der Waals surface area (Å²) in [5.41, 5.74) is 5.22. The van der Waals surface area contributed by atoms with Gasteiger partial charge in [0.25, 0.3) is 0 Å². The van der Waals surface area contributed by atoms with Gasteiger partial charge in [-0.15, -0.1) is 0 Å². The Labute approximate surface area is 188 Å². The molecule has 0 saturated carbocycles. The second kappa shape index (κ2) is 9.44. The van der Waals surface area contributed by atoms with E-state index in [0.717, 1.165) is 47.8 Å². The van der Waals surface area contributed by atoms with Gasteiger partial charge in [0, 0.05) is 31.0 Å². The summed E-state index contributed by atoms with van der Waals surface area (Å²) >= 11 is 0. The topological polar surface area (TPSA) is 58.4 Å². The second-order valence-electron chi connectivity index (χ2n) is 8.69. The molecule has 7 heteroatoms. The lowest BCUT2D eigenvalue weighted by Crippen LogP contribution is -2.10. The molecule has 6 nitrogen and oxygen atoms in total. The third-order valence-electron chi connectivity index (χ3n) is 5.21. The fraction of sp³-hybridized carbons (Fsp3) is 0.320. The molecule has 0 aliphatic rings. The minimum atomic E-state index is -0.272. The van der Waals surface area contributed by atoms with E-state index < -0.39 is 0 Å². The molecule has 0 amide bonds. The molecule has 3 heterocycles. The Morgan fingerprint density at radius 3 is 2.56 bits per heavy atom. The Balaban J connectivity index is 1.81. The van der Waals surface area contributed by atoms with Crippen LogP contribution in [0.25, 0.3) is 28.3 Å². The van der Waals surface area contributed by atoms with E-state index in [-0.39, 0.29) is 5.82 Å². The maximum atomic E-state index is 13.6. The minimum Gasteiger partial charge on any atom is -0.354 e. The smallest absolute Gasteiger partial charge is 0.223 e. The normalized spacial score (nSPS) is 11.6. The first-order valence-electron chi connectivity index (χ1n) is 10.9. The maximum absolute atomic E-state index is 13.6. The zero-order valence-corrected chi connectivity index (χ0v) is 19.0. The van der Waals surface area contributed by atoms with Crippen LogP contribution in [0.3, 0.4) is 0 Å². The van der Waals surface area contributed by atoms with Gasteiger partial charge in [-0.3, -0.25) is 4.40 Å². The van der Waals surface area contributed by atoms with Crippen molar-refractivity contribution in [3.8, 4) is 22.6 Å². The van der Waals surface area contributed by atoms with Crippen LogP contribution >= 0.6 is 0 Å². The molecule has 32 heavy (non-hydrogen) atoms. The molecule has 0 aliphatic heterocycles. The lowest BCUT2D eigenvalue weighted by molar-refractivity contribution is 0.402.